The fraction of sp³-hybridized carbons (Fsp3) is 0.222. The fourth-order valence-electron chi connectivity index (χ4n) is 1.16. The van der Waals surface area contributed by atoms with E-state index in [2.05, 4.69) is 20.5 Å². The molecule has 0 fully saturated rings. The molecule has 2 rings (SSSR count). The second kappa shape index (κ2) is 4.33. The van der Waals surface area contributed by atoms with Gasteiger partial charge < -0.3 is 10.3 Å². The molecule has 6 heteroatoms. The van der Waals surface area contributed by atoms with E-state index in [-0.39, 0.29) is 5.56 Å². The third-order valence-corrected chi connectivity index (χ3v) is 2.75. The third-order valence-electron chi connectivity index (χ3n) is 1.79. The van der Waals surface area contributed by atoms with Gasteiger partial charge in [0.15, 0.2) is 5.01 Å². The van der Waals surface area contributed by atoms with Crippen molar-refractivity contribution in [3.05, 3.63) is 33.6 Å². The van der Waals surface area contributed by atoms with Crippen LogP contribution in [0.15, 0.2) is 23.0 Å². The van der Waals surface area contributed by atoms with Crippen molar-refractivity contribution in [2.24, 2.45) is 0 Å². The Morgan fingerprint density at radius 2 is 2.33 bits per heavy atom. The minimum Gasteiger partial charge on any atom is -0.320 e. The molecule has 0 saturated heterocycles. The van der Waals surface area contributed by atoms with Gasteiger partial charge >= 0.3 is 0 Å². The molecule has 0 spiro atoms. The molecule has 78 valence electrons. The maximum Gasteiger partial charge on any atom is 0.248 e. The first-order chi connectivity index (χ1) is 7.29. The van der Waals surface area contributed by atoms with E-state index in [0.717, 1.165) is 10.0 Å². The fourth-order valence-corrected chi connectivity index (χ4v) is 1.99. The molecular weight excluding hydrogens is 212 g/mol. The Morgan fingerprint density at radius 3 is 3.07 bits per heavy atom. The number of hydrogen-bond acceptors (Lipinski definition) is 5. The zero-order valence-corrected chi connectivity index (χ0v) is 8.97. The molecule has 2 aromatic heterocycles. The highest BCUT2D eigenvalue weighted by Gasteiger charge is 2.05. The SMILES string of the molecule is CNCc1nnc(-c2cccc(=O)[nH]2)s1. The average molecular weight is 222 g/mol. The molecular formula is C9H10N4OS. The molecule has 0 aliphatic heterocycles. The Balaban J connectivity index is 2.33. The smallest absolute Gasteiger partial charge is 0.248 e. The Morgan fingerprint density at radius 1 is 1.47 bits per heavy atom. The van der Waals surface area contributed by atoms with E-state index in [1.807, 2.05) is 13.1 Å². The lowest BCUT2D eigenvalue weighted by Gasteiger charge is -1.92. The maximum absolute atomic E-state index is 11.1. The van der Waals surface area contributed by atoms with Gasteiger partial charge in [-0.1, -0.05) is 17.4 Å². The summed E-state index contributed by atoms with van der Waals surface area (Å²) < 4.78 is 0. The number of nitrogens with one attached hydrogen (secondary N) is 2. The Hall–Kier alpha value is -1.53. The number of hydrogen-bond donors (Lipinski definition) is 2. The van der Waals surface area contributed by atoms with E-state index >= 15 is 0 Å². The number of aromatic amines is 1. The zero-order valence-electron chi connectivity index (χ0n) is 8.15. The van der Waals surface area contributed by atoms with Crippen LogP contribution in [0.1, 0.15) is 5.01 Å². The van der Waals surface area contributed by atoms with Crippen LogP contribution < -0.4 is 10.9 Å². The summed E-state index contributed by atoms with van der Waals surface area (Å²) in [5, 5.41) is 12.6. The Labute approximate surface area is 90.2 Å². The van der Waals surface area contributed by atoms with E-state index in [0.29, 0.717) is 12.2 Å². The number of nitrogens with zero attached hydrogens (tertiary/aromatic N) is 2. The molecule has 5 nitrogen and oxygen atoms in total. The van der Waals surface area contributed by atoms with Crippen molar-refractivity contribution in [3.63, 3.8) is 0 Å². The quantitative estimate of drug-likeness (QED) is 0.798. The van der Waals surface area contributed by atoms with Crippen molar-refractivity contribution in [1.82, 2.24) is 20.5 Å². The molecule has 0 atom stereocenters. The summed E-state index contributed by atoms with van der Waals surface area (Å²) in [6.45, 7) is 0.689. The van der Waals surface area contributed by atoms with Gasteiger partial charge in [0.2, 0.25) is 5.56 Å². The van der Waals surface area contributed by atoms with Gasteiger partial charge in [-0.15, -0.1) is 10.2 Å². The van der Waals surface area contributed by atoms with Crippen LogP contribution in [0.3, 0.4) is 0 Å². The summed E-state index contributed by atoms with van der Waals surface area (Å²) in [4.78, 5) is 13.8. The van der Waals surface area contributed by atoms with Gasteiger partial charge in [0, 0.05) is 12.6 Å². The average Bonchev–Trinajstić information content (AvgIpc) is 2.67. The van der Waals surface area contributed by atoms with Crippen LogP contribution in [0, 0.1) is 0 Å². The van der Waals surface area contributed by atoms with Crippen LogP contribution in [0.5, 0.6) is 0 Å². The molecule has 0 bridgehead atoms. The number of pyridine rings is 1. The Bertz CT molecular complexity index is 505. The molecule has 0 aliphatic rings. The predicted octanol–water partition coefficient (Wildman–Crippen LogP) is 0.613. The highest BCUT2D eigenvalue weighted by Crippen LogP contribution is 2.19. The van der Waals surface area contributed by atoms with Crippen molar-refractivity contribution >= 4 is 11.3 Å². The van der Waals surface area contributed by atoms with Gasteiger partial charge in [-0.2, -0.15) is 0 Å². The molecule has 0 unspecified atom stereocenters. The van der Waals surface area contributed by atoms with Crippen LogP contribution in [-0.2, 0) is 6.54 Å². The van der Waals surface area contributed by atoms with Crippen LogP contribution in [0.25, 0.3) is 10.7 Å². The normalized spacial score (nSPS) is 10.5. The molecule has 2 N–H and O–H groups in total. The van der Waals surface area contributed by atoms with Crippen LogP contribution in [0.4, 0.5) is 0 Å². The highest BCUT2D eigenvalue weighted by atomic mass is 32.1. The van der Waals surface area contributed by atoms with Gasteiger partial charge in [-0.3, -0.25) is 4.79 Å². The summed E-state index contributed by atoms with van der Waals surface area (Å²) in [5.74, 6) is 0. The maximum atomic E-state index is 11.1. The summed E-state index contributed by atoms with van der Waals surface area (Å²) in [6.07, 6.45) is 0. The zero-order chi connectivity index (χ0) is 10.7. The highest BCUT2D eigenvalue weighted by molar-refractivity contribution is 7.14. The molecule has 15 heavy (non-hydrogen) atoms. The van der Waals surface area contributed by atoms with Crippen molar-refractivity contribution in [2.75, 3.05) is 7.05 Å². The topological polar surface area (TPSA) is 70.7 Å². The number of rotatable bonds is 3. The summed E-state index contributed by atoms with van der Waals surface area (Å²) in [7, 11) is 1.85. The first-order valence-corrected chi connectivity index (χ1v) is 5.28. The minimum atomic E-state index is -0.127. The molecule has 2 heterocycles. The van der Waals surface area contributed by atoms with Crippen LogP contribution in [0.2, 0.25) is 0 Å². The summed E-state index contributed by atoms with van der Waals surface area (Å²) in [5.41, 5.74) is 0.584. The number of aromatic nitrogens is 3. The minimum absolute atomic E-state index is 0.127. The standard InChI is InChI=1S/C9H10N4OS/c1-10-5-8-12-13-9(15-8)6-3-2-4-7(14)11-6/h2-4,10H,5H2,1H3,(H,11,14). The molecule has 0 saturated carbocycles. The van der Waals surface area contributed by atoms with Crippen molar-refractivity contribution in [2.45, 2.75) is 6.54 Å². The van der Waals surface area contributed by atoms with Crippen LogP contribution >= 0.6 is 11.3 Å². The lowest BCUT2D eigenvalue weighted by atomic mass is 10.4. The first-order valence-electron chi connectivity index (χ1n) is 4.46. The largest absolute Gasteiger partial charge is 0.320 e. The first kappa shape index (κ1) is 10.0. The van der Waals surface area contributed by atoms with E-state index in [9.17, 15) is 4.79 Å². The molecule has 0 radical (unpaired) electrons. The van der Waals surface area contributed by atoms with Crippen LogP contribution in [-0.4, -0.2) is 22.2 Å². The summed E-state index contributed by atoms with van der Waals surface area (Å²) >= 11 is 1.46. The van der Waals surface area contributed by atoms with Gasteiger partial charge in [0.25, 0.3) is 0 Å². The summed E-state index contributed by atoms with van der Waals surface area (Å²) in [6, 6.07) is 4.98. The lowest BCUT2D eigenvalue weighted by molar-refractivity contribution is 0.794. The van der Waals surface area contributed by atoms with Crippen molar-refractivity contribution in [1.29, 1.82) is 0 Å². The van der Waals surface area contributed by atoms with Gasteiger partial charge in [-0.25, -0.2) is 0 Å². The Kier molecular flexibility index (Phi) is 2.89. The van der Waals surface area contributed by atoms with E-state index in [4.69, 9.17) is 0 Å². The molecule has 0 aliphatic carbocycles. The van der Waals surface area contributed by atoms with E-state index in [1.165, 1.54) is 17.4 Å². The lowest BCUT2D eigenvalue weighted by Crippen LogP contribution is -2.04. The van der Waals surface area contributed by atoms with Crippen molar-refractivity contribution in [3.8, 4) is 10.7 Å². The molecule has 2 aromatic rings. The van der Waals surface area contributed by atoms with E-state index in [1.54, 1.807) is 6.07 Å². The van der Waals surface area contributed by atoms with Gasteiger partial charge in [0.05, 0.1) is 5.69 Å². The van der Waals surface area contributed by atoms with Gasteiger partial charge in [-0.05, 0) is 13.1 Å². The van der Waals surface area contributed by atoms with E-state index < -0.39 is 0 Å². The molecule has 0 aromatic carbocycles. The van der Waals surface area contributed by atoms with Gasteiger partial charge in [0.1, 0.15) is 5.01 Å². The third kappa shape index (κ3) is 2.28. The monoisotopic (exact) mass is 222 g/mol. The number of H-pyrrole nitrogens is 1. The predicted molar refractivity (Wildman–Crippen MR) is 58.7 cm³/mol. The molecule has 0 amide bonds. The van der Waals surface area contributed by atoms with Crippen molar-refractivity contribution < 1.29 is 0 Å². The second-order valence-corrected chi connectivity index (χ2v) is 4.02. The second-order valence-electron chi connectivity index (χ2n) is 2.96.